The van der Waals surface area contributed by atoms with E-state index in [0.29, 0.717) is 5.69 Å². The van der Waals surface area contributed by atoms with Crippen LogP contribution in [0.3, 0.4) is 0 Å². The van der Waals surface area contributed by atoms with Crippen LogP contribution in [0.5, 0.6) is 0 Å². The lowest BCUT2D eigenvalue weighted by Crippen LogP contribution is -2.43. The second-order valence-corrected chi connectivity index (χ2v) is 7.42. The first-order valence-electron chi connectivity index (χ1n) is 8.55. The molecule has 2 amide bonds. The highest BCUT2D eigenvalue weighted by molar-refractivity contribution is 9.10. The number of nitrogens with zero attached hydrogens (tertiary/aromatic N) is 1. The van der Waals surface area contributed by atoms with Crippen LogP contribution in [0.15, 0.2) is 59.1 Å². The summed E-state index contributed by atoms with van der Waals surface area (Å²) >= 11 is 3.51. The van der Waals surface area contributed by atoms with Crippen molar-refractivity contribution in [2.75, 3.05) is 12.0 Å². The van der Waals surface area contributed by atoms with Crippen LogP contribution < -0.4 is 10.2 Å². The highest BCUT2D eigenvalue weighted by Gasteiger charge is 2.61. The minimum atomic E-state index is -0.873. The molecule has 138 valence electrons. The van der Waals surface area contributed by atoms with Gasteiger partial charge in [0, 0.05) is 10.5 Å². The predicted octanol–water partition coefficient (Wildman–Crippen LogP) is 2.44. The summed E-state index contributed by atoms with van der Waals surface area (Å²) in [6.45, 7) is 0. The number of carbonyl (C=O) groups excluding carboxylic acids is 3. The van der Waals surface area contributed by atoms with Gasteiger partial charge in [0.2, 0.25) is 11.8 Å². The molecule has 27 heavy (non-hydrogen) atoms. The number of benzene rings is 2. The average molecular weight is 429 g/mol. The van der Waals surface area contributed by atoms with Gasteiger partial charge in [0.25, 0.3) is 0 Å². The third kappa shape index (κ3) is 2.78. The van der Waals surface area contributed by atoms with E-state index in [4.69, 9.17) is 4.74 Å². The largest absolute Gasteiger partial charge is 0.468 e. The Kier molecular flexibility index (Phi) is 4.57. The molecule has 2 heterocycles. The van der Waals surface area contributed by atoms with Gasteiger partial charge in [0.05, 0.1) is 24.6 Å². The van der Waals surface area contributed by atoms with Crippen molar-refractivity contribution in [1.82, 2.24) is 5.32 Å². The van der Waals surface area contributed by atoms with Crippen LogP contribution in [0.2, 0.25) is 0 Å². The number of imide groups is 1. The van der Waals surface area contributed by atoms with E-state index in [9.17, 15) is 14.4 Å². The van der Waals surface area contributed by atoms with Crippen LogP contribution in [-0.4, -0.2) is 30.9 Å². The fraction of sp³-hybridized carbons (Fsp3) is 0.250. The van der Waals surface area contributed by atoms with Crippen molar-refractivity contribution in [2.45, 2.75) is 12.1 Å². The molecule has 2 fully saturated rings. The van der Waals surface area contributed by atoms with Crippen LogP contribution in [0.1, 0.15) is 11.6 Å². The number of esters is 1. The summed E-state index contributed by atoms with van der Waals surface area (Å²) in [6.07, 6.45) is 0. The smallest absolute Gasteiger partial charge is 0.323 e. The number of anilines is 1. The van der Waals surface area contributed by atoms with E-state index in [-0.39, 0.29) is 11.8 Å². The average Bonchev–Trinajstić information content (AvgIpc) is 3.19. The van der Waals surface area contributed by atoms with Gasteiger partial charge in [-0.25, -0.2) is 4.90 Å². The third-order valence-corrected chi connectivity index (χ3v) is 5.91. The molecule has 0 aliphatic carbocycles. The van der Waals surface area contributed by atoms with Crippen molar-refractivity contribution >= 4 is 39.4 Å². The topological polar surface area (TPSA) is 75.7 Å². The molecule has 7 heteroatoms. The summed E-state index contributed by atoms with van der Waals surface area (Å²) in [5, 5.41) is 3.16. The number of methoxy groups -OCH3 is 1. The summed E-state index contributed by atoms with van der Waals surface area (Å²) in [6, 6.07) is 14.9. The molecule has 0 bridgehead atoms. The molecule has 6 nitrogen and oxygen atoms in total. The van der Waals surface area contributed by atoms with Gasteiger partial charge in [-0.3, -0.25) is 19.7 Å². The highest BCUT2D eigenvalue weighted by Crippen LogP contribution is 2.46. The lowest BCUT2D eigenvalue weighted by molar-refractivity contribution is -0.145. The predicted molar refractivity (Wildman–Crippen MR) is 102 cm³/mol. The van der Waals surface area contributed by atoms with E-state index in [1.54, 1.807) is 24.3 Å². The zero-order chi connectivity index (χ0) is 19.1. The van der Waals surface area contributed by atoms with Crippen molar-refractivity contribution in [1.29, 1.82) is 0 Å². The Balaban J connectivity index is 1.80. The van der Waals surface area contributed by atoms with Crippen LogP contribution in [0.4, 0.5) is 5.69 Å². The Bertz CT molecular complexity index is 917. The first-order valence-corrected chi connectivity index (χ1v) is 9.35. The van der Waals surface area contributed by atoms with Crippen LogP contribution >= 0.6 is 15.9 Å². The monoisotopic (exact) mass is 428 g/mol. The lowest BCUT2D eigenvalue weighted by atomic mass is 9.86. The number of halogens is 1. The molecule has 4 atom stereocenters. The van der Waals surface area contributed by atoms with Gasteiger partial charge in [-0.1, -0.05) is 52.3 Å². The van der Waals surface area contributed by atoms with E-state index in [2.05, 4.69) is 21.2 Å². The fourth-order valence-electron chi connectivity index (χ4n) is 4.00. The van der Waals surface area contributed by atoms with Gasteiger partial charge in [0.15, 0.2) is 0 Å². The molecule has 0 spiro atoms. The molecule has 0 radical (unpaired) electrons. The van der Waals surface area contributed by atoms with Gasteiger partial charge < -0.3 is 4.74 Å². The van der Waals surface area contributed by atoms with Crippen molar-refractivity contribution < 1.29 is 19.1 Å². The number of rotatable bonds is 3. The maximum Gasteiger partial charge on any atom is 0.323 e. The minimum Gasteiger partial charge on any atom is -0.468 e. The van der Waals surface area contributed by atoms with Gasteiger partial charge >= 0.3 is 5.97 Å². The Morgan fingerprint density at radius 2 is 1.63 bits per heavy atom. The second kappa shape index (κ2) is 6.90. The summed E-state index contributed by atoms with van der Waals surface area (Å²) in [5.41, 5.74) is 1.34. The quantitative estimate of drug-likeness (QED) is 0.600. The molecular formula is C20H17BrN2O4. The minimum absolute atomic E-state index is 0.309. The normalized spacial score (nSPS) is 27.0. The molecular weight excluding hydrogens is 412 g/mol. The number of ether oxygens (including phenoxy) is 1. The van der Waals surface area contributed by atoms with E-state index in [1.807, 2.05) is 30.3 Å². The van der Waals surface area contributed by atoms with Crippen molar-refractivity contribution in [2.24, 2.45) is 11.8 Å². The number of amides is 2. The molecule has 0 aromatic heterocycles. The molecule has 2 aromatic carbocycles. The number of nitrogens with one attached hydrogen (secondary N) is 1. The Morgan fingerprint density at radius 1 is 1.00 bits per heavy atom. The van der Waals surface area contributed by atoms with E-state index in [1.165, 1.54) is 12.0 Å². The van der Waals surface area contributed by atoms with E-state index >= 15 is 0 Å². The highest BCUT2D eigenvalue weighted by atomic mass is 79.9. The second-order valence-electron chi connectivity index (χ2n) is 6.57. The SMILES string of the molecule is COC(=O)[C@H]1N[C@@H](c2ccccc2Br)[C@H]2C(=O)N(c3ccccc3)C(=O)[C@H]21. The number of hydrogen-bond acceptors (Lipinski definition) is 5. The molecule has 2 aromatic rings. The molecule has 2 aliphatic heterocycles. The van der Waals surface area contributed by atoms with E-state index in [0.717, 1.165) is 10.0 Å². The van der Waals surface area contributed by atoms with Crippen LogP contribution in [0, 0.1) is 11.8 Å². The summed E-state index contributed by atoms with van der Waals surface area (Å²) in [4.78, 5) is 39.9. The zero-order valence-corrected chi connectivity index (χ0v) is 16.0. The molecule has 2 saturated heterocycles. The maximum absolute atomic E-state index is 13.2. The summed E-state index contributed by atoms with van der Waals surface area (Å²) in [5.74, 6) is -2.72. The molecule has 0 unspecified atom stereocenters. The standard InChI is InChI=1S/C20H17BrN2O4/c1-27-20(26)17-15-14(16(22-17)12-9-5-6-10-13(12)21)18(24)23(19(15)25)11-7-3-2-4-8-11/h2-10,14-17,22H,1H3/t14-,15+,16-,17-/m0/s1. The molecule has 1 N–H and O–H groups in total. The van der Waals surface area contributed by atoms with Crippen molar-refractivity contribution in [3.05, 3.63) is 64.6 Å². The van der Waals surface area contributed by atoms with Gasteiger partial charge in [-0.15, -0.1) is 0 Å². The first kappa shape index (κ1) is 17.9. The van der Waals surface area contributed by atoms with Gasteiger partial charge in [0.1, 0.15) is 6.04 Å². The number of para-hydroxylation sites is 1. The Labute approximate surface area is 164 Å². The summed E-state index contributed by atoms with van der Waals surface area (Å²) < 4.78 is 5.70. The molecule has 0 saturated carbocycles. The Hall–Kier alpha value is -2.51. The molecule has 4 rings (SSSR count). The summed E-state index contributed by atoms with van der Waals surface area (Å²) in [7, 11) is 1.28. The Morgan fingerprint density at radius 3 is 2.30 bits per heavy atom. The third-order valence-electron chi connectivity index (χ3n) is 5.19. The fourth-order valence-corrected chi connectivity index (χ4v) is 4.53. The number of carbonyl (C=O) groups is 3. The van der Waals surface area contributed by atoms with Crippen LogP contribution in [-0.2, 0) is 19.1 Å². The first-order chi connectivity index (χ1) is 13.0. The zero-order valence-electron chi connectivity index (χ0n) is 14.5. The van der Waals surface area contributed by atoms with Crippen molar-refractivity contribution in [3.8, 4) is 0 Å². The van der Waals surface area contributed by atoms with Crippen molar-refractivity contribution in [3.63, 3.8) is 0 Å². The number of hydrogen-bond donors (Lipinski definition) is 1. The maximum atomic E-state index is 13.2. The number of fused-ring (bicyclic) bond motifs is 1. The molecule has 2 aliphatic rings. The van der Waals surface area contributed by atoms with Gasteiger partial charge in [-0.2, -0.15) is 0 Å². The lowest BCUT2D eigenvalue weighted by Gasteiger charge is -2.22. The van der Waals surface area contributed by atoms with Gasteiger partial charge in [-0.05, 0) is 23.8 Å². The van der Waals surface area contributed by atoms with E-state index < -0.39 is 29.9 Å². The van der Waals surface area contributed by atoms with Crippen LogP contribution in [0.25, 0.3) is 0 Å².